The van der Waals surface area contributed by atoms with Crippen LogP contribution < -0.4 is 5.73 Å². The van der Waals surface area contributed by atoms with Crippen molar-refractivity contribution in [2.75, 3.05) is 0 Å². The van der Waals surface area contributed by atoms with E-state index in [1.54, 1.807) is 0 Å². The summed E-state index contributed by atoms with van der Waals surface area (Å²) in [5.74, 6) is 0.632. The van der Waals surface area contributed by atoms with Gasteiger partial charge in [0.2, 0.25) is 0 Å². The molecule has 0 aliphatic carbocycles. The van der Waals surface area contributed by atoms with E-state index >= 15 is 0 Å². The van der Waals surface area contributed by atoms with Crippen molar-refractivity contribution in [1.82, 2.24) is 9.78 Å². The summed E-state index contributed by atoms with van der Waals surface area (Å²) < 4.78 is 2.11. The molecule has 0 radical (unpaired) electrons. The number of hydrogen-bond donors (Lipinski definition) is 1. The molecule has 2 N–H and O–H groups in total. The fourth-order valence-corrected chi connectivity index (χ4v) is 1.76. The molecule has 1 aromatic rings. The van der Waals surface area contributed by atoms with Crippen LogP contribution in [0.2, 0.25) is 0 Å². The quantitative estimate of drug-likeness (QED) is 0.830. The summed E-state index contributed by atoms with van der Waals surface area (Å²) in [7, 11) is 0. The van der Waals surface area contributed by atoms with Crippen molar-refractivity contribution >= 4 is 0 Å². The molecule has 1 aromatic heterocycles. The van der Waals surface area contributed by atoms with Gasteiger partial charge in [-0.2, -0.15) is 5.10 Å². The molecule has 0 aliphatic heterocycles. The van der Waals surface area contributed by atoms with E-state index in [4.69, 9.17) is 5.73 Å². The minimum Gasteiger partial charge on any atom is -0.326 e. The first kappa shape index (κ1) is 12.2. The number of hydrogen-bond acceptors (Lipinski definition) is 2. The topological polar surface area (TPSA) is 43.8 Å². The minimum atomic E-state index is 0.0393. The number of aromatic nitrogens is 2. The Morgan fingerprint density at radius 1 is 1.40 bits per heavy atom. The van der Waals surface area contributed by atoms with Crippen molar-refractivity contribution < 1.29 is 0 Å². The van der Waals surface area contributed by atoms with Crippen LogP contribution in [0.4, 0.5) is 0 Å². The van der Waals surface area contributed by atoms with Crippen LogP contribution in [-0.2, 0) is 18.5 Å². The van der Waals surface area contributed by atoms with Crippen LogP contribution in [0.25, 0.3) is 0 Å². The fourth-order valence-electron chi connectivity index (χ4n) is 1.76. The molecule has 0 aliphatic rings. The Morgan fingerprint density at radius 3 is 2.40 bits per heavy atom. The molecule has 0 unspecified atom stereocenters. The predicted molar refractivity (Wildman–Crippen MR) is 63.7 cm³/mol. The number of nitrogens with zero attached hydrogens (tertiary/aromatic N) is 2. The third-order valence-electron chi connectivity index (χ3n) is 2.41. The average molecular weight is 209 g/mol. The third kappa shape index (κ3) is 2.81. The fraction of sp³-hybridized carbons (Fsp3) is 0.750. The maximum atomic E-state index is 5.73. The molecule has 1 rings (SSSR count). The van der Waals surface area contributed by atoms with E-state index in [0.29, 0.717) is 12.5 Å². The molecule has 0 atom stereocenters. The van der Waals surface area contributed by atoms with Crippen LogP contribution in [0.3, 0.4) is 0 Å². The molecule has 0 saturated carbocycles. The van der Waals surface area contributed by atoms with Crippen molar-refractivity contribution in [3.05, 3.63) is 17.5 Å². The van der Waals surface area contributed by atoms with E-state index in [1.165, 1.54) is 11.3 Å². The molecule has 86 valence electrons. The number of rotatable bonds is 3. The molecular formula is C12H23N3. The van der Waals surface area contributed by atoms with Crippen LogP contribution in [0.1, 0.15) is 45.9 Å². The molecule has 0 bridgehead atoms. The van der Waals surface area contributed by atoms with Crippen molar-refractivity contribution in [3.63, 3.8) is 0 Å². The standard InChI is InChI=1S/C12H23N3/c1-9(2)6-11-10(7-13)8-14-15(11)12(3,4)5/h8-9H,6-7,13H2,1-5H3. The maximum Gasteiger partial charge on any atom is 0.0546 e. The predicted octanol–water partition coefficient (Wildman–Crippen LogP) is 2.30. The van der Waals surface area contributed by atoms with E-state index in [2.05, 4.69) is 44.4 Å². The second-order valence-electron chi connectivity index (χ2n) is 5.50. The molecule has 0 fully saturated rings. The molecule has 3 heteroatoms. The summed E-state index contributed by atoms with van der Waals surface area (Å²) in [5, 5.41) is 4.45. The smallest absolute Gasteiger partial charge is 0.0546 e. The van der Waals surface area contributed by atoms with Gasteiger partial charge in [-0.05, 0) is 33.1 Å². The van der Waals surface area contributed by atoms with Gasteiger partial charge in [0.05, 0.1) is 11.7 Å². The number of nitrogens with two attached hydrogens (primary N) is 1. The van der Waals surface area contributed by atoms with Crippen molar-refractivity contribution in [2.45, 2.75) is 53.1 Å². The summed E-state index contributed by atoms with van der Waals surface area (Å²) in [6.07, 6.45) is 2.95. The highest BCUT2D eigenvalue weighted by Crippen LogP contribution is 2.21. The normalized spacial score (nSPS) is 12.5. The Bertz CT molecular complexity index is 318. The van der Waals surface area contributed by atoms with Gasteiger partial charge in [-0.25, -0.2) is 0 Å². The Kier molecular flexibility index (Phi) is 3.55. The Labute approximate surface area is 92.7 Å². The highest BCUT2D eigenvalue weighted by Gasteiger charge is 2.20. The summed E-state index contributed by atoms with van der Waals surface area (Å²) >= 11 is 0. The van der Waals surface area contributed by atoms with E-state index < -0.39 is 0 Å². The molecule has 0 spiro atoms. The molecule has 3 nitrogen and oxygen atoms in total. The van der Waals surface area contributed by atoms with Crippen LogP contribution in [0.15, 0.2) is 6.20 Å². The zero-order valence-corrected chi connectivity index (χ0v) is 10.5. The van der Waals surface area contributed by atoms with Crippen LogP contribution >= 0.6 is 0 Å². The molecule has 0 saturated heterocycles. The van der Waals surface area contributed by atoms with Crippen LogP contribution in [0, 0.1) is 5.92 Å². The van der Waals surface area contributed by atoms with E-state index in [0.717, 1.165) is 6.42 Å². The first-order chi connectivity index (χ1) is 6.86. The van der Waals surface area contributed by atoms with E-state index in [9.17, 15) is 0 Å². The third-order valence-corrected chi connectivity index (χ3v) is 2.41. The molecular weight excluding hydrogens is 186 g/mol. The van der Waals surface area contributed by atoms with E-state index in [-0.39, 0.29) is 5.54 Å². The lowest BCUT2D eigenvalue weighted by molar-refractivity contribution is 0.338. The summed E-state index contributed by atoms with van der Waals surface area (Å²) in [6.45, 7) is 11.5. The second-order valence-corrected chi connectivity index (χ2v) is 5.50. The zero-order valence-electron chi connectivity index (χ0n) is 10.5. The van der Waals surface area contributed by atoms with Gasteiger partial charge < -0.3 is 5.73 Å². The van der Waals surface area contributed by atoms with Crippen LogP contribution in [0.5, 0.6) is 0 Å². The largest absolute Gasteiger partial charge is 0.326 e. The Hall–Kier alpha value is -0.830. The van der Waals surface area contributed by atoms with Crippen molar-refractivity contribution in [3.8, 4) is 0 Å². The molecule has 15 heavy (non-hydrogen) atoms. The van der Waals surface area contributed by atoms with Gasteiger partial charge in [-0.3, -0.25) is 4.68 Å². The van der Waals surface area contributed by atoms with E-state index in [1.807, 2.05) is 6.20 Å². The minimum absolute atomic E-state index is 0.0393. The zero-order chi connectivity index (χ0) is 11.6. The Morgan fingerprint density at radius 2 is 2.00 bits per heavy atom. The van der Waals surface area contributed by atoms with Gasteiger partial charge in [0.15, 0.2) is 0 Å². The summed E-state index contributed by atoms with van der Waals surface area (Å²) in [5.41, 5.74) is 8.24. The van der Waals surface area contributed by atoms with Crippen molar-refractivity contribution in [2.24, 2.45) is 11.7 Å². The first-order valence-electron chi connectivity index (χ1n) is 5.62. The van der Waals surface area contributed by atoms with Gasteiger partial charge in [-0.1, -0.05) is 13.8 Å². The van der Waals surface area contributed by atoms with Gasteiger partial charge in [0, 0.05) is 17.8 Å². The lowest BCUT2D eigenvalue weighted by Gasteiger charge is -2.23. The first-order valence-corrected chi connectivity index (χ1v) is 5.62. The molecule has 0 aromatic carbocycles. The SMILES string of the molecule is CC(C)Cc1c(CN)cnn1C(C)(C)C. The van der Waals surface area contributed by atoms with Gasteiger partial charge in [0.25, 0.3) is 0 Å². The van der Waals surface area contributed by atoms with Crippen LogP contribution in [-0.4, -0.2) is 9.78 Å². The van der Waals surface area contributed by atoms with Gasteiger partial charge in [-0.15, -0.1) is 0 Å². The van der Waals surface area contributed by atoms with Gasteiger partial charge in [0.1, 0.15) is 0 Å². The lowest BCUT2D eigenvalue weighted by atomic mass is 10.0. The highest BCUT2D eigenvalue weighted by molar-refractivity contribution is 5.19. The van der Waals surface area contributed by atoms with Gasteiger partial charge >= 0.3 is 0 Å². The summed E-state index contributed by atoms with van der Waals surface area (Å²) in [4.78, 5) is 0. The maximum absolute atomic E-state index is 5.73. The summed E-state index contributed by atoms with van der Waals surface area (Å²) in [6, 6.07) is 0. The monoisotopic (exact) mass is 209 g/mol. The Balaban J connectivity index is 3.11. The average Bonchev–Trinajstić information content (AvgIpc) is 2.45. The second kappa shape index (κ2) is 4.35. The lowest BCUT2D eigenvalue weighted by Crippen LogP contribution is -2.26. The van der Waals surface area contributed by atoms with Crippen molar-refractivity contribution in [1.29, 1.82) is 0 Å². The highest BCUT2D eigenvalue weighted by atomic mass is 15.3. The molecule has 1 heterocycles. The molecule has 0 amide bonds.